The van der Waals surface area contributed by atoms with Crippen molar-refractivity contribution in [3.63, 3.8) is 0 Å². The minimum Gasteiger partial charge on any atom is -0.334 e. The Morgan fingerprint density at radius 1 is 1.18 bits per heavy atom. The van der Waals surface area contributed by atoms with Crippen molar-refractivity contribution in [2.45, 2.75) is 52.0 Å². The molecule has 1 atom stereocenters. The fourth-order valence-corrected chi connectivity index (χ4v) is 5.67. The molecule has 0 radical (unpaired) electrons. The lowest BCUT2D eigenvalue weighted by atomic mass is 9.97. The standard InChI is InChI=1S/C26H27FN4OS.ClH/c1-3-18-13-20(27)15-30-16-21(29-25(18)30)14-22-11-7-8-12-31(22)26(32)23-24(33-17(2)28-23)19-9-5-4-6-10-19;/h4-6,9-10,13,15-16,22H,3,7-8,11-12,14H2,1-2H3;1H. The van der Waals surface area contributed by atoms with E-state index in [9.17, 15) is 9.18 Å². The zero-order valence-electron chi connectivity index (χ0n) is 19.3. The predicted molar refractivity (Wildman–Crippen MR) is 136 cm³/mol. The van der Waals surface area contributed by atoms with Crippen LogP contribution in [0.5, 0.6) is 0 Å². The molecule has 5 nitrogen and oxygen atoms in total. The van der Waals surface area contributed by atoms with Crippen LogP contribution in [0.15, 0.2) is 48.8 Å². The Balaban J connectivity index is 0.00000274. The van der Waals surface area contributed by atoms with Gasteiger partial charge in [-0.15, -0.1) is 23.7 Å². The van der Waals surface area contributed by atoms with Crippen LogP contribution in [0.1, 0.15) is 52.9 Å². The number of aromatic nitrogens is 3. The highest BCUT2D eigenvalue weighted by molar-refractivity contribution is 7.15. The number of nitrogens with zero attached hydrogens (tertiary/aromatic N) is 4. The number of benzene rings is 1. The molecule has 34 heavy (non-hydrogen) atoms. The molecule has 1 unspecified atom stereocenters. The third-order valence-electron chi connectivity index (χ3n) is 6.33. The van der Waals surface area contributed by atoms with Gasteiger partial charge < -0.3 is 9.30 Å². The number of likely N-dealkylation sites (tertiary alicyclic amines) is 1. The Morgan fingerprint density at radius 2 is 1.97 bits per heavy atom. The molecular formula is C26H28ClFN4OS. The first-order chi connectivity index (χ1) is 16.0. The Labute approximate surface area is 209 Å². The normalized spacial score (nSPS) is 16.0. The molecule has 0 saturated carbocycles. The van der Waals surface area contributed by atoms with Crippen molar-refractivity contribution in [2.24, 2.45) is 0 Å². The van der Waals surface area contributed by atoms with Crippen molar-refractivity contribution in [2.75, 3.05) is 6.54 Å². The Kier molecular flexibility index (Phi) is 7.33. The molecule has 1 aromatic carbocycles. The maximum atomic E-state index is 14.0. The zero-order chi connectivity index (χ0) is 22.9. The summed E-state index contributed by atoms with van der Waals surface area (Å²) in [7, 11) is 0. The molecule has 8 heteroatoms. The van der Waals surface area contributed by atoms with E-state index in [0.717, 1.165) is 64.6 Å². The summed E-state index contributed by atoms with van der Waals surface area (Å²) in [6.45, 7) is 4.67. The number of hydrogen-bond donors (Lipinski definition) is 0. The molecule has 178 valence electrons. The molecule has 0 N–H and O–H groups in total. The molecule has 3 aromatic heterocycles. The second-order valence-corrected chi connectivity index (χ2v) is 9.83. The zero-order valence-corrected chi connectivity index (χ0v) is 21.0. The highest BCUT2D eigenvalue weighted by Gasteiger charge is 2.31. The molecule has 1 aliphatic heterocycles. The van der Waals surface area contributed by atoms with Crippen LogP contribution in [0.4, 0.5) is 4.39 Å². The number of piperidine rings is 1. The second kappa shape index (κ2) is 10.2. The van der Waals surface area contributed by atoms with E-state index in [0.29, 0.717) is 12.1 Å². The first-order valence-corrected chi connectivity index (χ1v) is 12.3. The Bertz CT molecular complexity index is 1300. The number of fused-ring (bicyclic) bond motifs is 1. The van der Waals surface area contributed by atoms with Crippen LogP contribution < -0.4 is 0 Å². The van der Waals surface area contributed by atoms with Crippen LogP contribution in [0.2, 0.25) is 0 Å². The van der Waals surface area contributed by atoms with Crippen LogP contribution in [0.3, 0.4) is 0 Å². The smallest absolute Gasteiger partial charge is 0.274 e. The lowest BCUT2D eigenvalue weighted by Crippen LogP contribution is -2.45. The van der Waals surface area contributed by atoms with Crippen molar-refractivity contribution < 1.29 is 9.18 Å². The molecule has 0 aliphatic carbocycles. The Hall–Kier alpha value is -2.77. The lowest BCUT2D eigenvalue weighted by molar-refractivity contribution is 0.0608. The molecule has 4 heterocycles. The van der Waals surface area contributed by atoms with Crippen LogP contribution in [0.25, 0.3) is 16.1 Å². The number of carbonyl (C=O) groups excluding carboxylic acids is 1. The monoisotopic (exact) mass is 498 g/mol. The molecule has 1 amide bonds. The van der Waals surface area contributed by atoms with E-state index in [1.54, 1.807) is 21.8 Å². The summed E-state index contributed by atoms with van der Waals surface area (Å²) in [6, 6.07) is 11.6. The Morgan fingerprint density at radius 3 is 2.74 bits per heavy atom. The van der Waals surface area contributed by atoms with Crippen molar-refractivity contribution in [3.8, 4) is 10.4 Å². The summed E-state index contributed by atoms with van der Waals surface area (Å²) in [6.07, 6.45) is 7.74. The molecule has 5 rings (SSSR count). The number of halogens is 2. The summed E-state index contributed by atoms with van der Waals surface area (Å²) in [5, 5.41) is 0.889. The number of imidazole rings is 1. The van der Waals surface area contributed by atoms with E-state index < -0.39 is 0 Å². The number of hydrogen-bond acceptors (Lipinski definition) is 4. The van der Waals surface area contributed by atoms with Crippen molar-refractivity contribution in [1.29, 1.82) is 0 Å². The van der Waals surface area contributed by atoms with E-state index in [2.05, 4.69) is 4.98 Å². The first-order valence-electron chi connectivity index (χ1n) is 11.5. The predicted octanol–water partition coefficient (Wildman–Crippen LogP) is 6.13. The summed E-state index contributed by atoms with van der Waals surface area (Å²) in [4.78, 5) is 26.1. The van der Waals surface area contributed by atoms with Gasteiger partial charge in [-0.25, -0.2) is 14.4 Å². The first kappa shape index (κ1) is 24.4. The summed E-state index contributed by atoms with van der Waals surface area (Å²) in [5.74, 6) is -0.267. The number of rotatable bonds is 5. The van der Waals surface area contributed by atoms with Crippen LogP contribution in [0, 0.1) is 12.7 Å². The van der Waals surface area contributed by atoms with E-state index in [1.807, 2.05) is 55.3 Å². The van der Waals surface area contributed by atoms with Gasteiger partial charge in [-0.05, 0) is 49.8 Å². The molecule has 1 saturated heterocycles. The van der Waals surface area contributed by atoms with E-state index in [1.165, 1.54) is 6.20 Å². The fourth-order valence-electron chi connectivity index (χ4n) is 4.75. The van der Waals surface area contributed by atoms with Crippen LogP contribution in [-0.2, 0) is 12.8 Å². The van der Waals surface area contributed by atoms with Gasteiger partial charge in [0.25, 0.3) is 5.91 Å². The number of carbonyl (C=O) groups is 1. The van der Waals surface area contributed by atoms with Gasteiger partial charge in [-0.3, -0.25) is 4.79 Å². The van der Waals surface area contributed by atoms with Gasteiger partial charge in [0.05, 0.1) is 15.6 Å². The molecule has 0 bridgehead atoms. The van der Waals surface area contributed by atoms with Gasteiger partial charge in [0.1, 0.15) is 17.2 Å². The summed E-state index contributed by atoms with van der Waals surface area (Å²) < 4.78 is 15.8. The van der Waals surface area contributed by atoms with Gasteiger partial charge in [0.2, 0.25) is 0 Å². The minimum atomic E-state index is -0.259. The number of aryl methyl sites for hydroxylation is 2. The third-order valence-corrected chi connectivity index (χ3v) is 7.35. The van der Waals surface area contributed by atoms with Gasteiger partial charge in [0.15, 0.2) is 0 Å². The average Bonchev–Trinajstić information content (AvgIpc) is 3.42. The molecule has 4 aromatic rings. The average molecular weight is 499 g/mol. The molecule has 1 fully saturated rings. The molecule has 1 aliphatic rings. The highest BCUT2D eigenvalue weighted by atomic mass is 35.5. The maximum absolute atomic E-state index is 14.0. The summed E-state index contributed by atoms with van der Waals surface area (Å²) >= 11 is 1.56. The van der Waals surface area contributed by atoms with Crippen molar-refractivity contribution in [1.82, 2.24) is 19.3 Å². The molecular weight excluding hydrogens is 471 g/mol. The van der Waals surface area contributed by atoms with Gasteiger partial charge in [-0.1, -0.05) is 37.3 Å². The summed E-state index contributed by atoms with van der Waals surface area (Å²) in [5.41, 5.74) is 4.14. The lowest BCUT2D eigenvalue weighted by Gasteiger charge is -2.35. The highest BCUT2D eigenvalue weighted by Crippen LogP contribution is 2.32. The van der Waals surface area contributed by atoms with Crippen LogP contribution in [-0.4, -0.2) is 37.8 Å². The number of pyridine rings is 1. The van der Waals surface area contributed by atoms with Crippen molar-refractivity contribution >= 4 is 35.3 Å². The van der Waals surface area contributed by atoms with Gasteiger partial charge in [-0.2, -0.15) is 0 Å². The second-order valence-electron chi connectivity index (χ2n) is 8.63. The van der Waals surface area contributed by atoms with E-state index in [-0.39, 0.29) is 30.2 Å². The van der Waals surface area contributed by atoms with Crippen LogP contribution >= 0.6 is 23.7 Å². The third kappa shape index (κ3) is 4.72. The van der Waals surface area contributed by atoms with Crippen molar-refractivity contribution in [3.05, 3.63) is 76.6 Å². The fraction of sp³-hybridized carbons (Fsp3) is 0.346. The minimum absolute atomic E-state index is 0. The SMILES string of the molecule is CCc1cc(F)cn2cc(CC3CCCCN3C(=O)c3nc(C)sc3-c3ccccc3)nc12.Cl. The van der Waals surface area contributed by atoms with Gasteiger partial charge >= 0.3 is 0 Å². The van der Waals surface area contributed by atoms with E-state index in [4.69, 9.17) is 4.98 Å². The van der Waals surface area contributed by atoms with E-state index >= 15 is 0 Å². The topological polar surface area (TPSA) is 50.5 Å². The van der Waals surface area contributed by atoms with Gasteiger partial charge in [0, 0.05) is 31.4 Å². The quantitative estimate of drug-likeness (QED) is 0.332. The maximum Gasteiger partial charge on any atom is 0.274 e. The number of thiazole rings is 1. The largest absolute Gasteiger partial charge is 0.334 e. The number of amides is 1. The molecule has 0 spiro atoms.